The van der Waals surface area contributed by atoms with Crippen LogP contribution in [0.3, 0.4) is 0 Å². The molecular formula is C37H33F3N6O2. The third kappa shape index (κ3) is 5.99. The fourth-order valence-electron chi connectivity index (χ4n) is 6.39. The van der Waals surface area contributed by atoms with Crippen molar-refractivity contribution in [2.24, 2.45) is 7.05 Å². The molecule has 0 spiro atoms. The second-order valence-electron chi connectivity index (χ2n) is 12.0. The number of carbonyl (C=O) groups is 1. The number of H-pyrrole nitrogens is 1. The topological polar surface area (TPSA) is 79.3 Å². The number of rotatable bonds is 9. The summed E-state index contributed by atoms with van der Waals surface area (Å²) in [5, 5.41) is 0.471. The molecule has 0 aliphatic carbocycles. The van der Waals surface area contributed by atoms with Gasteiger partial charge in [0.1, 0.15) is 11.6 Å². The molecule has 3 aromatic heterocycles. The molecule has 1 saturated heterocycles. The van der Waals surface area contributed by atoms with E-state index in [1.807, 2.05) is 60.7 Å². The van der Waals surface area contributed by atoms with Gasteiger partial charge in [0.05, 0.1) is 36.0 Å². The molecule has 6 aromatic rings. The molecule has 1 N–H and O–H groups in total. The minimum absolute atomic E-state index is 0.0475. The molecule has 48 heavy (non-hydrogen) atoms. The second kappa shape index (κ2) is 12.6. The Labute approximate surface area is 275 Å². The van der Waals surface area contributed by atoms with E-state index >= 15 is 4.39 Å². The fraction of sp³-hybridized carbons (Fsp3) is 0.216. The van der Waals surface area contributed by atoms with Gasteiger partial charge in [0.15, 0.2) is 5.82 Å². The highest BCUT2D eigenvalue weighted by atomic mass is 19.3. The molecule has 1 fully saturated rings. The Kier molecular flexibility index (Phi) is 8.12. The molecule has 1 aliphatic rings. The summed E-state index contributed by atoms with van der Waals surface area (Å²) in [5.41, 5.74) is 3.96. The maximum absolute atomic E-state index is 16.5. The fourth-order valence-corrected chi connectivity index (χ4v) is 6.39. The number of anilines is 2. The summed E-state index contributed by atoms with van der Waals surface area (Å²) >= 11 is 0. The number of alkyl halides is 2. The standard InChI is InChI=1S/C37H33F3N6O2/c1-44-16-14-41-34(44)26-17-29(38)32(31(18-26)45-15-13-37(39,40)23-45)30-19-27-28(36(47)48-2)20-42-35(33(27)43-30)46(21-24-9-5-3-6-10-24)22-25-11-7-4-8-12-25/h3-12,14,16-20,43H,13,15,21-23H2,1-2H3. The summed E-state index contributed by atoms with van der Waals surface area (Å²) in [6.07, 6.45) is 4.46. The normalized spacial score (nSPS) is 14.1. The molecule has 0 amide bonds. The van der Waals surface area contributed by atoms with Crippen molar-refractivity contribution in [3.8, 4) is 22.6 Å². The van der Waals surface area contributed by atoms with E-state index in [-0.39, 0.29) is 24.1 Å². The van der Waals surface area contributed by atoms with Crippen molar-refractivity contribution in [3.63, 3.8) is 0 Å². The van der Waals surface area contributed by atoms with Gasteiger partial charge >= 0.3 is 5.97 Å². The Balaban J connectivity index is 1.42. The van der Waals surface area contributed by atoms with E-state index in [4.69, 9.17) is 9.72 Å². The van der Waals surface area contributed by atoms with Crippen molar-refractivity contribution in [2.75, 3.05) is 30.0 Å². The number of halogens is 3. The molecule has 1 aliphatic heterocycles. The van der Waals surface area contributed by atoms with Gasteiger partial charge in [-0.15, -0.1) is 0 Å². The summed E-state index contributed by atoms with van der Waals surface area (Å²) in [7, 11) is 3.07. The Hall–Kier alpha value is -5.58. The van der Waals surface area contributed by atoms with E-state index in [0.29, 0.717) is 52.6 Å². The van der Waals surface area contributed by atoms with Crippen LogP contribution in [-0.4, -0.2) is 51.6 Å². The van der Waals surface area contributed by atoms with E-state index in [0.717, 1.165) is 11.1 Å². The number of fused-ring (bicyclic) bond motifs is 1. The van der Waals surface area contributed by atoms with Gasteiger partial charge in [0, 0.05) is 68.3 Å². The minimum atomic E-state index is -2.92. The highest BCUT2D eigenvalue weighted by molar-refractivity contribution is 6.08. The van der Waals surface area contributed by atoms with Crippen molar-refractivity contribution in [2.45, 2.75) is 25.4 Å². The number of nitrogens with zero attached hydrogens (tertiary/aromatic N) is 5. The number of aryl methyl sites for hydroxylation is 1. The number of imidazole rings is 1. The van der Waals surface area contributed by atoms with Crippen LogP contribution in [0.25, 0.3) is 33.5 Å². The van der Waals surface area contributed by atoms with Crippen LogP contribution in [0, 0.1) is 5.82 Å². The third-order valence-corrected chi connectivity index (χ3v) is 8.71. The highest BCUT2D eigenvalue weighted by Gasteiger charge is 2.40. The minimum Gasteiger partial charge on any atom is -0.465 e. The number of carbonyl (C=O) groups excluding carboxylic acids is 1. The average molecular weight is 651 g/mol. The zero-order valence-electron chi connectivity index (χ0n) is 26.5. The van der Waals surface area contributed by atoms with Crippen LogP contribution in [0.2, 0.25) is 0 Å². The van der Waals surface area contributed by atoms with E-state index in [9.17, 15) is 13.6 Å². The molecule has 0 saturated carbocycles. The Morgan fingerprint density at radius 3 is 2.27 bits per heavy atom. The molecule has 11 heteroatoms. The molecule has 0 atom stereocenters. The van der Waals surface area contributed by atoms with Gasteiger partial charge in [-0.3, -0.25) is 0 Å². The lowest BCUT2D eigenvalue weighted by Crippen LogP contribution is -2.25. The number of hydrogen-bond donors (Lipinski definition) is 1. The van der Waals surface area contributed by atoms with Crippen LogP contribution in [0.1, 0.15) is 27.9 Å². The van der Waals surface area contributed by atoms with Crippen LogP contribution >= 0.6 is 0 Å². The molecule has 0 radical (unpaired) electrons. The maximum atomic E-state index is 16.5. The molecule has 4 heterocycles. The van der Waals surface area contributed by atoms with E-state index in [2.05, 4.69) is 14.9 Å². The third-order valence-electron chi connectivity index (χ3n) is 8.71. The predicted molar refractivity (Wildman–Crippen MR) is 180 cm³/mol. The number of methoxy groups -OCH3 is 1. The highest BCUT2D eigenvalue weighted by Crippen LogP contribution is 2.43. The largest absolute Gasteiger partial charge is 0.465 e. The number of pyridine rings is 1. The molecule has 7 rings (SSSR count). The average Bonchev–Trinajstić information content (AvgIpc) is 3.82. The molecule has 0 unspecified atom stereocenters. The number of benzene rings is 3. The lowest BCUT2D eigenvalue weighted by molar-refractivity contribution is 0.0257. The van der Waals surface area contributed by atoms with Gasteiger partial charge in [-0.1, -0.05) is 60.7 Å². The van der Waals surface area contributed by atoms with Crippen molar-refractivity contribution < 1.29 is 22.7 Å². The van der Waals surface area contributed by atoms with E-state index < -0.39 is 24.3 Å². The first-order valence-corrected chi connectivity index (χ1v) is 15.6. The predicted octanol–water partition coefficient (Wildman–Crippen LogP) is 7.61. The summed E-state index contributed by atoms with van der Waals surface area (Å²) < 4.78 is 52.5. The molecular weight excluding hydrogens is 617 g/mol. The SMILES string of the molecule is COC(=O)c1cnc(N(Cc2ccccc2)Cc2ccccc2)c2[nH]c(-c3c(F)cc(-c4nccn4C)cc3N3CCC(F)(F)C3)cc12. The Morgan fingerprint density at radius 2 is 1.69 bits per heavy atom. The summed E-state index contributed by atoms with van der Waals surface area (Å²) in [4.78, 5) is 29.0. The number of nitrogens with one attached hydrogen (secondary N) is 1. The number of hydrogen-bond acceptors (Lipinski definition) is 6. The van der Waals surface area contributed by atoms with Gasteiger partial charge in [0.25, 0.3) is 5.92 Å². The first-order valence-electron chi connectivity index (χ1n) is 15.6. The van der Waals surface area contributed by atoms with Crippen molar-refractivity contribution >= 4 is 28.4 Å². The second-order valence-corrected chi connectivity index (χ2v) is 12.0. The van der Waals surface area contributed by atoms with Gasteiger partial charge in [-0.2, -0.15) is 0 Å². The summed E-state index contributed by atoms with van der Waals surface area (Å²) in [5.74, 6) is -3.10. The summed E-state index contributed by atoms with van der Waals surface area (Å²) in [6, 6.07) is 24.6. The van der Waals surface area contributed by atoms with Crippen LogP contribution in [0.4, 0.5) is 24.7 Å². The lowest BCUT2D eigenvalue weighted by Gasteiger charge is -2.25. The number of aromatic amines is 1. The van der Waals surface area contributed by atoms with Crippen LogP contribution in [-0.2, 0) is 24.9 Å². The maximum Gasteiger partial charge on any atom is 0.340 e. The first kappa shape index (κ1) is 31.0. The van der Waals surface area contributed by atoms with E-state index in [1.165, 1.54) is 24.3 Å². The number of aromatic nitrogens is 4. The van der Waals surface area contributed by atoms with Crippen molar-refractivity contribution in [1.29, 1.82) is 0 Å². The van der Waals surface area contributed by atoms with Crippen LogP contribution in [0.15, 0.2) is 97.5 Å². The first-order chi connectivity index (χ1) is 23.2. The van der Waals surface area contributed by atoms with Gasteiger partial charge in [-0.05, 0) is 29.3 Å². The van der Waals surface area contributed by atoms with Crippen molar-refractivity contribution in [3.05, 3.63) is 120 Å². The summed E-state index contributed by atoms with van der Waals surface area (Å²) in [6.45, 7) is 0.479. The molecule has 3 aromatic carbocycles. The zero-order chi connectivity index (χ0) is 33.4. The quantitative estimate of drug-likeness (QED) is 0.162. The van der Waals surface area contributed by atoms with Gasteiger partial charge in [0.2, 0.25) is 0 Å². The molecule has 8 nitrogen and oxygen atoms in total. The Bertz CT molecular complexity index is 2050. The zero-order valence-corrected chi connectivity index (χ0v) is 26.5. The molecule has 244 valence electrons. The number of esters is 1. The Morgan fingerprint density at radius 1 is 1.00 bits per heavy atom. The van der Waals surface area contributed by atoms with Crippen LogP contribution < -0.4 is 9.80 Å². The van der Waals surface area contributed by atoms with Crippen molar-refractivity contribution in [1.82, 2.24) is 19.5 Å². The lowest BCUT2D eigenvalue weighted by atomic mass is 10.0. The molecule has 0 bridgehead atoms. The smallest absolute Gasteiger partial charge is 0.340 e. The van der Waals surface area contributed by atoms with E-state index in [1.54, 1.807) is 36.1 Å². The van der Waals surface area contributed by atoms with Gasteiger partial charge in [-0.25, -0.2) is 27.9 Å². The van der Waals surface area contributed by atoms with Gasteiger partial charge < -0.3 is 24.1 Å². The number of ether oxygens (including phenoxy) is 1. The van der Waals surface area contributed by atoms with Crippen LogP contribution in [0.5, 0.6) is 0 Å². The monoisotopic (exact) mass is 650 g/mol.